The fraction of sp³-hybridized carbons (Fsp3) is 0.111. The van der Waals surface area contributed by atoms with Crippen LogP contribution in [0.5, 0.6) is 11.5 Å². The molecule has 3 rings (SSSR count). The highest BCUT2D eigenvalue weighted by Crippen LogP contribution is 2.44. The first-order valence-electron chi connectivity index (χ1n) is 7.06. The molecule has 0 fully saturated rings. The summed E-state index contributed by atoms with van der Waals surface area (Å²) in [5.41, 5.74) is 3.97. The number of fused-ring (bicyclic) bond motifs is 2. The monoisotopic (exact) mass is 293 g/mol. The smallest absolute Gasteiger partial charge is 0.153 e. The third-order valence-electron chi connectivity index (χ3n) is 3.78. The Kier molecular flexibility index (Phi) is 3.51. The summed E-state index contributed by atoms with van der Waals surface area (Å²) in [5.74, 6) is 1.61. The fourth-order valence-electron chi connectivity index (χ4n) is 2.31. The maximum Gasteiger partial charge on any atom is 0.153 e. The van der Waals surface area contributed by atoms with E-state index in [1.54, 1.807) is 12.4 Å². The van der Waals surface area contributed by atoms with Gasteiger partial charge in [0.25, 0.3) is 0 Å². The van der Waals surface area contributed by atoms with Crippen molar-refractivity contribution >= 4 is 22.7 Å². The Hall–Kier alpha value is -2.88. The Morgan fingerprint density at radius 1 is 0.864 bits per heavy atom. The van der Waals surface area contributed by atoms with Gasteiger partial charge in [0.2, 0.25) is 0 Å². The van der Waals surface area contributed by atoms with Gasteiger partial charge in [-0.3, -0.25) is 0 Å². The van der Waals surface area contributed by atoms with E-state index in [0.717, 1.165) is 34.2 Å². The number of nitrogens with one attached hydrogen (secondary N) is 1. The van der Waals surface area contributed by atoms with Gasteiger partial charge in [0, 0.05) is 37.6 Å². The molecule has 1 aliphatic heterocycles. The second-order valence-electron chi connectivity index (χ2n) is 5.17. The minimum absolute atomic E-state index is 0.803. The molecule has 2 aromatic carbocycles. The van der Waals surface area contributed by atoms with Crippen molar-refractivity contribution < 1.29 is 4.74 Å². The van der Waals surface area contributed by atoms with E-state index >= 15 is 0 Å². The van der Waals surface area contributed by atoms with Crippen LogP contribution in [-0.4, -0.2) is 14.1 Å². The van der Waals surface area contributed by atoms with Gasteiger partial charge >= 0.3 is 0 Å². The first-order chi connectivity index (χ1) is 10.6. The SMILES string of the molecule is C=CN(C)c1ccc2c(c1)Oc1cc(N(C)C=C)ccc1N2. The Morgan fingerprint density at radius 3 is 1.73 bits per heavy atom. The highest BCUT2D eigenvalue weighted by Gasteiger charge is 2.18. The summed E-state index contributed by atoms with van der Waals surface area (Å²) in [6.07, 6.45) is 3.53. The molecule has 112 valence electrons. The van der Waals surface area contributed by atoms with E-state index in [1.165, 1.54) is 0 Å². The van der Waals surface area contributed by atoms with Crippen molar-refractivity contribution in [3.8, 4) is 11.5 Å². The highest BCUT2D eigenvalue weighted by molar-refractivity contribution is 5.79. The topological polar surface area (TPSA) is 27.7 Å². The summed E-state index contributed by atoms with van der Waals surface area (Å²) in [6.45, 7) is 7.56. The van der Waals surface area contributed by atoms with Gasteiger partial charge in [-0.05, 0) is 36.7 Å². The fourth-order valence-corrected chi connectivity index (χ4v) is 2.31. The Bertz CT molecular complexity index is 678. The Balaban J connectivity index is 1.96. The highest BCUT2D eigenvalue weighted by atomic mass is 16.5. The summed E-state index contributed by atoms with van der Waals surface area (Å²) in [6, 6.07) is 12.1. The first kappa shape index (κ1) is 14.1. The van der Waals surface area contributed by atoms with Crippen LogP contribution >= 0.6 is 0 Å². The van der Waals surface area contributed by atoms with E-state index in [9.17, 15) is 0 Å². The minimum atomic E-state index is 0.803. The summed E-state index contributed by atoms with van der Waals surface area (Å²) in [7, 11) is 3.91. The maximum absolute atomic E-state index is 6.06. The molecule has 0 spiro atoms. The first-order valence-corrected chi connectivity index (χ1v) is 7.06. The normalized spacial score (nSPS) is 11.4. The predicted molar refractivity (Wildman–Crippen MR) is 93.4 cm³/mol. The van der Waals surface area contributed by atoms with Gasteiger partial charge in [-0.1, -0.05) is 13.2 Å². The molecule has 1 aliphatic rings. The number of hydrogen-bond donors (Lipinski definition) is 1. The lowest BCUT2D eigenvalue weighted by molar-refractivity contribution is 0.481. The van der Waals surface area contributed by atoms with E-state index in [1.807, 2.05) is 60.3 Å². The zero-order valence-electron chi connectivity index (χ0n) is 12.8. The summed E-state index contributed by atoms with van der Waals surface area (Å²) < 4.78 is 6.06. The van der Waals surface area contributed by atoms with Crippen LogP contribution in [0.15, 0.2) is 62.0 Å². The van der Waals surface area contributed by atoms with Crippen molar-refractivity contribution in [3.05, 3.63) is 62.0 Å². The van der Waals surface area contributed by atoms with Gasteiger partial charge in [-0.15, -0.1) is 0 Å². The van der Waals surface area contributed by atoms with Crippen molar-refractivity contribution in [2.75, 3.05) is 29.2 Å². The molecule has 0 saturated carbocycles. The lowest BCUT2D eigenvalue weighted by atomic mass is 10.1. The third-order valence-corrected chi connectivity index (χ3v) is 3.78. The van der Waals surface area contributed by atoms with E-state index in [4.69, 9.17) is 4.74 Å². The van der Waals surface area contributed by atoms with Crippen LogP contribution in [0.4, 0.5) is 22.7 Å². The van der Waals surface area contributed by atoms with Crippen molar-refractivity contribution in [2.24, 2.45) is 0 Å². The maximum atomic E-state index is 6.06. The van der Waals surface area contributed by atoms with Crippen LogP contribution in [0.1, 0.15) is 0 Å². The lowest BCUT2D eigenvalue weighted by Gasteiger charge is -2.25. The molecule has 2 aromatic rings. The number of anilines is 4. The number of rotatable bonds is 4. The van der Waals surface area contributed by atoms with Crippen LogP contribution in [0.2, 0.25) is 0 Å². The summed E-state index contributed by atoms with van der Waals surface area (Å²) in [4.78, 5) is 3.89. The molecule has 0 atom stereocenters. The molecular formula is C18H19N3O. The largest absolute Gasteiger partial charge is 0.453 e. The molecule has 0 unspecified atom stereocenters. The van der Waals surface area contributed by atoms with E-state index in [2.05, 4.69) is 18.5 Å². The Labute approximate surface area is 130 Å². The van der Waals surface area contributed by atoms with Gasteiger partial charge < -0.3 is 19.9 Å². The van der Waals surface area contributed by atoms with Crippen molar-refractivity contribution in [1.82, 2.24) is 0 Å². The van der Waals surface area contributed by atoms with Gasteiger partial charge in [-0.25, -0.2) is 0 Å². The standard InChI is InChI=1S/C18H19N3O/c1-5-20(3)13-7-9-15-17(11-13)22-18-12-14(21(4)6-2)8-10-16(18)19-15/h5-12,19H,1-2H2,3-4H3. The zero-order valence-corrected chi connectivity index (χ0v) is 12.8. The molecule has 1 N–H and O–H groups in total. The average molecular weight is 293 g/mol. The van der Waals surface area contributed by atoms with Crippen molar-refractivity contribution in [1.29, 1.82) is 0 Å². The molecular weight excluding hydrogens is 274 g/mol. The van der Waals surface area contributed by atoms with E-state index in [0.29, 0.717) is 0 Å². The average Bonchev–Trinajstić information content (AvgIpc) is 2.57. The quantitative estimate of drug-likeness (QED) is 0.755. The van der Waals surface area contributed by atoms with Crippen LogP contribution in [0.25, 0.3) is 0 Å². The van der Waals surface area contributed by atoms with Gasteiger partial charge in [0.15, 0.2) is 11.5 Å². The minimum Gasteiger partial charge on any atom is -0.453 e. The van der Waals surface area contributed by atoms with Crippen molar-refractivity contribution in [2.45, 2.75) is 0 Å². The van der Waals surface area contributed by atoms with Gasteiger partial charge in [-0.2, -0.15) is 0 Å². The van der Waals surface area contributed by atoms with Crippen LogP contribution in [0, 0.1) is 0 Å². The molecule has 0 aliphatic carbocycles. The molecule has 0 radical (unpaired) electrons. The second-order valence-corrected chi connectivity index (χ2v) is 5.17. The van der Waals surface area contributed by atoms with Crippen LogP contribution in [-0.2, 0) is 0 Å². The number of hydrogen-bond acceptors (Lipinski definition) is 4. The number of nitrogens with zero attached hydrogens (tertiary/aromatic N) is 2. The summed E-state index contributed by atoms with van der Waals surface area (Å²) >= 11 is 0. The lowest BCUT2D eigenvalue weighted by Crippen LogP contribution is -2.10. The molecule has 1 heterocycles. The zero-order chi connectivity index (χ0) is 15.7. The number of benzene rings is 2. The van der Waals surface area contributed by atoms with Gasteiger partial charge in [0.1, 0.15) is 0 Å². The van der Waals surface area contributed by atoms with Crippen LogP contribution < -0.4 is 19.9 Å². The van der Waals surface area contributed by atoms with E-state index in [-0.39, 0.29) is 0 Å². The molecule has 0 bridgehead atoms. The van der Waals surface area contributed by atoms with E-state index < -0.39 is 0 Å². The summed E-state index contributed by atoms with van der Waals surface area (Å²) in [5, 5.41) is 3.40. The predicted octanol–water partition coefficient (Wildman–Crippen LogP) is 4.70. The molecule has 0 amide bonds. The van der Waals surface area contributed by atoms with Gasteiger partial charge in [0.05, 0.1) is 11.4 Å². The molecule has 4 nitrogen and oxygen atoms in total. The molecule has 4 heteroatoms. The number of ether oxygens (including phenoxy) is 1. The molecule has 0 aromatic heterocycles. The van der Waals surface area contributed by atoms with Crippen LogP contribution in [0.3, 0.4) is 0 Å². The van der Waals surface area contributed by atoms with Crippen molar-refractivity contribution in [3.63, 3.8) is 0 Å². The molecule has 0 saturated heterocycles. The Morgan fingerprint density at radius 2 is 1.32 bits per heavy atom. The second kappa shape index (κ2) is 5.48. The third kappa shape index (κ3) is 2.39. The molecule has 22 heavy (non-hydrogen) atoms.